The fourth-order valence-corrected chi connectivity index (χ4v) is 2.05. The number of primary amides is 1. The summed E-state index contributed by atoms with van der Waals surface area (Å²) in [5, 5.41) is 4.22. The molecule has 1 rings (SSSR count). The molecule has 0 aliphatic heterocycles. The number of nitrogen functional groups attached to an aromatic ring is 1. The molecule has 0 radical (unpaired) electrons. The molecule has 2 amide bonds. The second-order valence-electron chi connectivity index (χ2n) is 5.21. The number of carbonyl (C=O) groups is 2. The summed E-state index contributed by atoms with van der Waals surface area (Å²) in [5.41, 5.74) is 12.4. The van der Waals surface area contributed by atoms with Gasteiger partial charge in [-0.05, 0) is 19.8 Å². The molecule has 1 heterocycles. The van der Waals surface area contributed by atoms with Gasteiger partial charge in [0.15, 0.2) is 0 Å². The van der Waals surface area contributed by atoms with Crippen molar-refractivity contribution in [2.45, 2.75) is 34.2 Å². The monoisotopic (exact) mass is 281 g/mol. The van der Waals surface area contributed by atoms with Gasteiger partial charge in [-0.25, -0.2) is 0 Å². The topological polar surface area (TPSA) is 107 Å². The number of hydrogen-bond acceptors (Lipinski definition) is 4. The Morgan fingerprint density at radius 1 is 1.40 bits per heavy atom. The van der Waals surface area contributed by atoms with E-state index in [1.54, 1.807) is 11.6 Å². The highest BCUT2D eigenvalue weighted by Crippen LogP contribution is 2.19. The van der Waals surface area contributed by atoms with E-state index in [9.17, 15) is 9.59 Å². The lowest BCUT2D eigenvalue weighted by Gasteiger charge is -2.23. The second kappa shape index (κ2) is 6.40. The van der Waals surface area contributed by atoms with Gasteiger partial charge in [0.25, 0.3) is 5.91 Å². The van der Waals surface area contributed by atoms with Crippen LogP contribution in [0, 0.1) is 12.8 Å². The van der Waals surface area contributed by atoms with Crippen molar-refractivity contribution < 1.29 is 9.59 Å². The molecule has 0 atom stereocenters. The van der Waals surface area contributed by atoms with Gasteiger partial charge in [-0.15, -0.1) is 0 Å². The number of carbonyl (C=O) groups excluding carboxylic acids is 2. The second-order valence-corrected chi connectivity index (χ2v) is 5.21. The molecule has 0 saturated heterocycles. The molecular weight excluding hydrogens is 258 g/mol. The minimum Gasteiger partial charge on any atom is -0.395 e. The Labute approximate surface area is 118 Å². The normalized spacial score (nSPS) is 10.8. The van der Waals surface area contributed by atoms with Crippen LogP contribution in [0.2, 0.25) is 0 Å². The van der Waals surface area contributed by atoms with Gasteiger partial charge in [-0.2, -0.15) is 5.10 Å². The van der Waals surface area contributed by atoms with Gasteiger partial charge < -0.3 is 16.4 Å². The van der Waals surface area contributed by atoms with Crippen molar-refractivity contribution in [3.8, 4) is 0 Å². The number of aromatic nitrogens is 2. The van der Waals surface area contributed by atoms with Crippen molar-refractivity contribution in [1.29, 1.82) is 0 Å². The third-order valence-corrected chi connectivity index (χ3v) is 2.90. The number of hydrogen-bond donors (Lipinski definition) is 2. The van der Waals surface area contributed by atoms with Gasteiger partial charge >= 0.3 is 0 Å². The lowest BCUT2D eigenvalue weighted by Crippen LogP contribution is -2.41. The molecule has 0 spiro atoms. The Morgan fingerprint density at radius 3 is 2.45 bits per heavy atom. The van der Waals surface area contributed by atoms with E-state index in [-0.39, 0.29) is 18.4 Å². The Kier molecular flexibility index (Phi) is 5.12. The first kappa shape index (κ1) is 16.0. The Balaban J connectivity index is 3.14. The van der Waals surface area contributed by atoms with Crippen LogP contribution >= 0.6 is 0 Å². The maximum absolute atomic E-state index is 12.6. The van der Waals surface area contributed by atoms with E-state index in [0.717, 1.165) is 0 Å². The molecular formula is C13H23N5O2. The van der Waals surface area contributed by atoms with Crippen LogP contribution in [0.15, 0.2) is 0 Å². The number of rotatable bonds is 6. The Bertz CT molecular complexity index is 507. The summed E-state index contributed by atoms with van der Waals surface area (Å²) < 4.78 is 1.56. The number of aryl methyl sites for hydroxylation is 2. The van der Waals surface area contributed by atoms with E-state index < -0.39 is 5.91 Å². The first-order valence-corrected chi connectivity index (χ1v) is 6.68. The van der Waals surface area contributed by atoms with Gasteiger partial charge in [0.1, 0.15) is 5.69 Å². The van der Waals surface area contributed by atoms with Crippen LogP contribution in [0.1, 0.15) is 37.0 Å². The molecule has 0 aliphatic rings. The summed E-state index contributed by atoms with van der Waals surface area (Å²) in [6.07, 6.45) is 0. The molecule has 20 heavy (non-hydrogen) atoms. The standard InChI is InChI=1S/C13H23N5O2/c1-5-18-12(11(15)9(4)16-18)13(20)17(6-8(2)3)7-10(14)19/h8H,5-7,15H2,1-4H3,(H2,14,19). The van der Waals surface area contributed by atoms with Gasteiger partial charge in [0.05, 0.1) is 17.9 Å². The molecule has 1 aromatic rings. The highest BCUT2D eigenvalue weighted by molar-refractivity contribution is 5.99. The summed E-state index contributed by atoms with van der Waals surface area (Å²) >= 11 is 0. The third kappa shape index (κ3) is 3.49. The van der Waals surface area contributed by atoms with E-state index in [1.165, 1.54) is 4.90 Å². The molecule has 0 aliphatic carbocycles. The van der Waals surface area contributed by atoms with Crippen LogP contribution in [0.4, 0.5) is 5.69 Å². The predicted molar refractivity (Wildman–Crippen MR) is 77.0 cm³/mol. The van der Waals surface area contributed by atoms with Crippen LogP contribution in [-0.2, 0) is 11.3 Å². The molecule has 0 unspecified atom stereocenters. The molecule has 0 fully saturated rings. The van der Waals surface area contributed by atoms with E-state index in [2.05, 4.69) is 5.10 Å². The highest BCUT2D eigenvalue weighted by Gasteiger charge is 2.25. The molecule has 0 bridgehead atoms. The Hall–Kier alpha value is -2.05. The SMILES string of the molecule is CCn1nc(C)c(N)c1C(=O)N(CC(N)=O)CC(C)C. The van der Waals surface area contributed by atoms with Gasteiger partial charge in [-0.3, -0.25) is 14.3 Å². The van der Waals surface area contributed by atoms with E-state index in [4.69, 9.17) is 11.5 Å². The number of nitrogens with two attached hydrogens (primary N) is 2. The summed E-state index contributed by atoms with van der Waals surface area (Å²) in [7, 11) is 0. The maximum atomic E-state index is 12.6. The van der Waals surface area contributed by atoms with Crippen molar-refractivity contribution in [1.82, 2.24) is 14.7 Å². The quantitative estimate of drug-likeness (QED) is 0.785. The minimum absolute atomic E-state index is 0.121. The Morgan fingerprint density at radius 2 is 2.00 bits per heavy atom. The molecule has 7 heteroatoms. The summed E-state index contributed by atoms with van der Waals surface area (Å²) in [4.78, 5) is 25.2. The average molecular weight is 281 g/mol. The average Bonchev–Trinajstić information content (AvgIpc) is 2.62. The smallest absolute Gasteiger partial charge is 0.274 e. The van der Waals surface area contributed by atoms with Crippen LogP contribution in [0.5, 0.6) is 0 Å². The van der Waals surface area contributed by atoms with Crippen LogP contribution in [-0.4, -0.2) is 39.6 Å². The lowest BCUT2D eigenvalue weighted by atomic mass is 10.2. The molecule has 112 valence electrons. The molecule has 1 aromatic heterocycles. The van der Waals surface area contributed by atoms with E-state index >= 15 is 0 Å². The maximum Gasteiger partial charge on any atom is 0.274 e. The van der Waals surface area contributed by atoms with Crippen molar-refractivity contribution in [2.24, 2.45) is 11.7 Å². The van der Waals surface area contributed by atoms with Crippen LogP contribution in [0.25, 0.3) is 0 Å². The fraction of sp³-hybridized carbons (Fsp3) is 0.615. The molecule has 4 N–H and O–H groups in total. The van der Waals surface area contributed by atoms with Crippen molar-refractivity contribution in [3.05, 3.63) is 11.4 Å². The number of amides is 2. The van der Waals surface area contributed by atoms with Crippen molar-refractivity contribution in [3.63, 3.8) is 0 Å². The molecule has 0 aromatic carbocycles. The molecule has 7 nitrogen and oxygen atoms in total. The number of nitrogens with zero attached hydrogens (tertiary/aromatic N) is 3. The lowest BCUT2D eigenvalue weighted by molar-refractivity contribution is -0.118. The summed E-state index contributed by atoms with van der Waals surface area (Å²) in [6, 6.07) is 0. The van der Waals surface area contributed by atoms with Gasteiger partial charge in [0, 0.05) is 13.1 Å². The first-order valence-electron chi connectivity index (χ1n) is 6.68. The van der Waals surface area contributed by atoms with Gasteiger partial charge in [0.2, 0.25) is 5.91 Å². The zero-order valence-electron chi connectivity index (χ0n) is 12.5. The third-order valence-electron chi connectivity index (χ3n) is 2.90. The van der Waals surface area contributed by atoms with Crippen LogP contribution < -0.4 is 11.5 Å². The van der Waals surface area contributed by atoms with Crippen molar-refractivity contribution >= 4 is 17.5 Å². The highest BCUT2D eigenvalue weighted by atomic mass is 16.2. The predicted octanol–water partition coefficient (Wildman–Crippen LogP) is 0.377. The van der Waals surface area contributed by atoms with Crippen molar-refractivity contribution in [2.75, 3.05) is 18.8 Å². The zero-order valence-corrected chi connectivity index (χ0v) is 12.5. The minimum atomic E-state index is -0.545. The van der Waals surface area contributed by atoms with Gasteiger partial charge in [-0.1, -0.05) is 13.8 Å². The van der Waals surface area contributed by atoms with E-state index in [0.29, 0.717) is 30.2 Å². The molecule has 0 saturated carbocycles. The first-order chi connectivity index (χ1) is 9.27. The van der Waals surface area contributed by atoms with E-state index in [1.807, 2.05) is 20.8 Å². The zero-order chi connectivity index (χ0) is 15.4. The summed E-state index contributed by atoms with van der Waals surface area (Å²) in [5.74, 6) is -0.632. The summed E-state index contributed by atoms with van der Waals surface area (Å²) in [6.45, 7) is 8.41. The fourth-order valence-electron chi connectivity index (χ4n) is 2.05. The number of anilines is 1. The van der Waals surface area contributed by atoms with Crippen LogP contribution in [0.3, 0.4) is 0 Å². The largest absolute Gasteiger partial charge is 0.395 e.